The molecule has 2 heterocycles. The first kappa shape index (κ1) is 16.4. The molecule has 0 fully saturated rings. The van der Waals surface area contributed by atoms with E-state index in [4.69, 9.17) is 4.98 Å². The van der Waals surface area contributed by atoms with Crippen LogP contribution < -0.4 is 4.90 Å². The van der Waals surface area contributed by atoms with Crippen LogP contribution in [0.3, 0.4) is 0 Å². The normalized spacial score (nSPS) is 16.1. The summed E-state index contributed by atoms with van der Waals surface area (Å²) in [5, 5.41) is 11.0. The van der Waals surface area contributed by atoms with Crippen molar-refractivity contribution in [3.05, 3.63) is 78.1 Å². The Balaban J connectivity index is 1.84. The summed E-state index contributed by atoms with van der Waals surface area (Å²) in [5.74, 6) is -0.294. The standard InChI is InChI=1S/C23H21N3/c1-2-3-14-26-16-20(19(15-24)18-9-5-7-11-23(18)26)22-13-12-17-8-4-6-10-21(17)25-22/h4-13,16,19H,2-3,14H2,1H3/t19-/m0/s1. The average molecular weight is 339 g/mol. The van der Waals surface area contributed by atoms with Crippen molar-refractivity contribution in [2.24, 2.45) is 0 Å². The topological polar surface area (TPSA) is 39.9 Å². The van der Waals surface area contributed by atoms with Crippen molar-refractivity contribution in [3.63, 3.8) is 0 Å². The van der Waals surface area contributed by atoms with E-state index in [9.17, 15) is 5.26 Å². The van der Waals surface area contributed by atoms with Crippen LogP contribution in [-0.4, -0.2) is 11.5 Å². The predicted octanol–water partition coefficient (Wildman–Crippen LogP) is 5.50. The second-order valence-corrected chi connectivity index (χ2v) is 6.64. The summed E-state index contributed by atoms with van der Waals surface area (Å²) in [6.07, 6.45) is 4.38. The Hall–Kier alpha value is -3.12. The highest BCUT2D eigenvalue weighted by molar-refractivity contribution is 5.85. The Morgan fingerprint density at radius 1 is 1.04 bits per heavy atom. The third-order valence-corrected chi connectivity index (χ3v) is 4.94. The minimum absolute atomic E-state index is 0.294. The van der Waals surface area contributed by atoms with Crippen LogP contribution in [0.25, 0.3) is 16.5 Å². The maximum atomic E-state index is 9.91. The fraction of sp³-hybridized carbons (Fsp3) is 0.217. The van der Waals surface area contributed by atoms with Crippen LogP contribution in [0.5, 0.6) is 0 Å². The predicted molar refractivity (Wildman–Crippen MR) is 107 cm³/mol. The summed E-state index contributed by atoms with van der Waals surface area (Å²) in [4.78, 5) is 7.12. The maximum absolute atomic E-state index is 9.91. The number of hydrogen-bond acceptors (Lipinski definition) is 3. The van der Waals surface area contributed by atoms with E-state index in [0.29, 0.717) is 0 Å². The second-order valence-electron chi connectivity index (χ2n) is 6.64. The number of benzene rings is 2. The number of anilines is 1. The lowest BCUT2D eigenvalue weighted by molar-refractivity contribution is 0.774. The van der Waals surface area contributed by atoms with E-state index in [-0.39, 0.29) is 5.92 Å². The summed E-state index contributed by atoms with van der Waals surface area (Å²) < 4.78 is 0. The van der Waals surface area contributed by atoms with Gasteiger partial charge in [0.1, 0.15) is 5.92 Å². The van der Waals surface area contributed by atoms with Crippen LogP contribution in [0.2, 0.25) is 0 Å². The summed E-state index contributed by atoms with van der Waals surface area (Å²) in [7, 11) is 0. The van der Waals surface area contributed by atoms with Gasteiger partial charge in [0.25, 0.3) is 0 Å². The largest absolute Gasteiger partial charge is 0.347 e. The molecule has 2 aromatic carbocycles. The lowest BCUT2D eigenvalue weighted by Gasteiger charge is -2.32. The molecule has 1 aromatic heterocycles. The van der Waals surface area contributed by atoms with Crippen LogP contribution >= 0.6 is 0 Å². The Kier molecular flexibility index (Phi) is 4.41. The first-order valence-electron chi connectivity index (χ1n) is 9.15. The minimum atomic E-state index is -0.294. The smallest absolute Gasteiger partial charge is 0.102 e. The molecule has 0 saturated heterocycles. The van der Waals surface area contributed by atoms with E-state index < -0.39 is 0 Å². The number of rotatable bonds is 4. The highest BCUT2D eigenvalue weighted by Crippen LogP contribution is 2.41. The highest BCUT2D eigenvalue weighted by atomic mass is 15.1. The molecule has 0 unspecified atom stereocenters. The number of aromatic nitrogens is 1. The van der Waals surface area contributed by atoms with Gasteiger partial charge in [0.2, 0.25) is 0 Å². The molecule has 0 saturated carbocycles. The first-order chi connectivity index (χ1) is 12.8. The van der Waals surface area contributed by atoms with Crippen molar-refractivity contribution in [2.75, 3.05) is 11.4 Å². The van der Waals surface area contributed by atoms with Gasteiger partial charge in [-0.25, -0.2) is 4.98 Å². The van der Waals surface area contributed by atoms with E-state index in [1.807, 2.05) is 36.4 Å². The Bertz CT molecular complexity index is 1010. The van der Waals surface area contributed by atoms with Gasteiger partial charge in [0.05, 0.1) is 17.3 Å². The minimum Gasteiger partial charge on any atom is -0.347 e. The van der Waals surface area contributed by atoms with Crippen molar-refractivity contribution >= 4 is 22.2 Å². The van der Waals surface area contributed by atoms with E-state index in [0.717, 1.165) is 52.8 Å². The van der Waals surface area contributed by atoms with Crippen molar-refractivity contribution in [1.82, 2.24) is 4.98 Å². The molecular weight excluding hydrogens is 318 g/mol. The number of hydrogen-bond donors (Lipinski definition) is 0. The molecule has 1 aliphatic heterocycles. The Morgan fingerprint density at radius 2 is 1.85 bits per heavy atom. The molecule has 3 aromatic rings. The zero-order chi connectivity index (χ0) is 17.9. The van der Waals surface area contributed by atoms with Gasteiger partial charge in [-0.05, 0) is 30.2 Å². The molecule has 0 spiro atoms. The van der Waals surface area contributed by atoms with Gasteiger partial charge >= 0.3 is 0 Å². The van der Waals surface area contributed by atoms with Crippen LogP contribution in [0.15, 0.2) is 66.9 Å². The molecule has 4 rings (SSSR count). The molecule has 3 heteroatoms. The lowest BCUT2D eigenvalue weighted by atomic mass is 9.86. The van der Waals surface area contributed by atoms with E-state index >= 15 is 0 Å². The van der Waals surface area contributed by atoms with Gasteiger partial charge in [-0.1, -0.05) is 55.8 Å². The highest BCUT2D eigenvalue weighted by Gasteiger charge is 2.28. The molecule has 3 nitrogen and oxygen atoms in total. The molecule has 0 bridgehead atoms. The third-order valence-electron chi connectivity index (χ3n) is 4.94. The SMILES string of the molecule is CCCCN1C=C(c2ccc3ccccc3n2)[C@@H](C#N)c2ccccc21. The molecular formula is C23H21N3. The lowest BCUT2D eigenvalue weighted by Crippen LogP contribution is -2.25. The summed E-state index contributed by atoms with van der Waals surface area (Å²) in [5.41, 5.74) is 5.02. The number of pyridine rings is 1. The van der Waals surface area contributed by atoms with E-state index in [1.165, 1.54) is 0 Å². The quantitative estimate of drug-likeness (QED) is 0.630. The van der Waals surface area contributed by atoms with Gasteiger partial charge in [-0.2, -0.15) is 5.26 Å². The number of para-hydroxylation sites is 2. The molecule has 1 atom stereocenters. The molecule has 0 N–H and O–H groups in total. The molecule has 128 valence electrons. The molecule has 0 amide bonds. The van der Waals surface area contributed by atoms with Crippen LogP contribution in [0.4, 0.5) is 5.69 Å². The number of fused-ring (bicyclic) bond motifs is 2. The van der Waals surface area contributed by atoms with Crippen LogP contribution in [-0.2, 0) is 0 Å². The van der Waals surface area contributed by atoms with Gasteiger partial charge in [-0.3, -0.25) is 0 Å². The fourth-order valence-corrected chi connectivity index (χ4v) is 3.57. The number of nitriles is 1. The second kappa shape index (κ2) is 7.01. The van der Waals surface area contributed by atoms with Crippen LogP contribution in [0, 0.1) is 11.3 Å². The van der Waals surface area contributed by atoms with Crippen molar-refractivity contribution in [2.45, 2.75) is 25.7 Å². The molecule has 26 heavy (non-hydrogen) atoms. The number of allylic oxidation sites excluding steroid dienone is 1. The molecule has 0 aliphatic carbocycles. The van der Waals surface area contributed by atoms with Crippen LogP contribution in [0.1, 0.15) is 36.9 Å². The zero-order valence-electron chi connectivity index (χ0n) is 14.9. The summed E-state index contributed by atoms with van der Waals surface area (Å²) in [6, 6.07) is 22.9. The average Bonchev–Trinajstić information content (AvgIpc) is 2.71. The number of nitrogens with zero attached hydrogens (tertiary/aromatic N) is 3. The first-order valence-corrected chi connectivity index (χ1v) is 9.15. The van der Waals surface area contributed by atoms with Crippen molar-refractivity contribution < 1.29 is 0 Å². The van der Waals surface area contributed by atoms with Crippen molar-refractivity contribution in [3.8, 4) is 6.07 Å². The van der Waals surface area contributed by atoms with Gasteiger partial charge in [0.15, 0.2) is 0 Å². The van der Waals surface area contributed by atoms with E-state index in [1.54, 1.807) is 0 Å². The van der Waals surface area contributed by atoms with Gasteiger partial charge in [-0.15, -0.1) is 0 Å². The maximum Gasteiger partial charge on any atom is 0.102 e. The molecule has 1 aliphatic rings. The molecule has 0 radical (unpaired) electrons. The van der Waals surface area contributed by atoms with Crippen molar-refractivity contribution in [1.29, 1.82) is 5.26 Å². The fourth-order valence-electron chi connectivity index (χ4n) is 3.57. The van der Waals surface area contributed by atoms with Gasteiger partial charge in [0, 0.05) is 29.4 Å². The Morgan fingerprint density at radius 3 is 2.69 bits per heavy atom. The Labute approximate surface area is 154 Å². The summed E-state index contributed by atoms with van der Waals surface area (Å²) in [6.45, 7) is 3.15. The summed E-state index contributed by atoms with van der Waals surface area (Å²) >= 11 is 0. The monoisotopic (exact) mass is 339 g/mol. The number of unbranched alkanes of at least 4 members (excludes halogenated alkanes) is 1. The third kappa shape index (κ3) is 2.84. The zero-order valence-corrected chi connectivity index (χ0v) is 14.9. The van der Waals surface area contributed by atoms with E-state index in [2.05, 4.69) is 48.4 Å². The van der Waals surface area contributed by atoms with Gasteiger partial charge < -0.3 is 4.90 Å².